The molecule has 8 aromatic carbocycles. The van der Waals surface area contributed by atoms with Gasteiger partial charge >= 0.3 is 0 Å². The minimum atomic E-state index is -0.156. The van der Waals surface area contributed by atoms with E-state index in [0.29, 0.717) is 28.1 Å². The molecule has 10 rings (SSSR count). The Labute approximate surface area is 288 Å². The SMILES string of the molecule is [2H]c1c([2H])c(N(c2ccccc2-c2ccccc2)c2cccc3oc4c5ccccc5ccc4c23)c([2H])c([2H])c1-c1ccc2oc3ccccc3c2c1. The molecule has 0 aliphatic carbocycles. The predicted octanol–water partition coefficient (Wildman–Crippen LogP) is 13.4. The number of hydrogen-bond acceptors (Lipinski definition) is 3. The maximum absolute atomic E-state index is 9.66. The Morgan fingerprint density at radius 3 is 2.04 bits per heavy atom. The Bertz CT molecular complexity index is 3050. The van der Waals surface area contributed by atoms with Gasteiger partial charge in [-0.2, -0.15) is 0 Å². The molecule has 0 radical (unpaired) electrons. The Morgan fingerprint density at radius 1 is 0.429 bits per heavy atom. The topological polar surface area (TPSA) is 29.5 Å². The van der Waals surface area contributed by atoms with Crippen LogP contribution in [-0.2, 0) is 0 Å². The first-order chi connectivity index (χ1) is 26.0. The molecular formula is C46H29NO2. The minimum Gasteiger partial charge on any atom is -0.456 e. The van der Waals surface area contributed by atoms with Crippen LogP contribution in [0.5, 0.6) is 0 Å². The summed E-state index contributed by atoms with van der Waals surface area (Å²) in [7, 11) is 0. The van der Waals surface area contributed by atoms with Gasteiger partial charge in [-0.25, -0.2) is 0 Å². The molecule has 0 saturated heterocycles. The van der Waals surface area contributed by atoms with Crippen molar-refractivity contribution < 1.29 is 14.3 Å². The smallest absolute Gasteiger partial charge is 0.143 e. The monoisotopic (exact) mass is 631 g/mol. The van der Waals surface area contributed by atoms with Crippen molar-refractivity contribution in [1.82, 2.24) is 0 Å². The third kappa shape index (κ3) is 4.44. The van der Waals surface area contributed by atoms with Gasteiger partial charge in [0.25, 0.3) is 0 Å². The van der Waals surface area contributed by atoms with E-state index in [-0.39, 0.29) is 35.4 Å². The van der Waals surface area contributed by atoms with E-state index >= 15 is 0 Å². The van der Waals surface area contributed by atoms with Crippen LogP contribution >= 0.6 is 0 Å². The average molecular weight is 632 g/mol. The first-order valence-corrected chi connectivity index (χ1v) is 16.3. The van der Waals surface area contributed by atoms with Crippen molar-refractivity contribution in [1.29, 1.82) is 0 Å². The molecule has 49 heavy (non-hydrogen) atoms. The molecule has 0 amide bonds. The van der Waals surface area contributed by atoms with Gasteiger partial charge in [-0.15, -0.1) is 0 Å². The Kier molecular flexibility index (Phi) is 5.32. The fourth-order valence-electron chi connectivity index (χ4n) is 7.07. The van der Waals surface area contributed by atoms with Gasteiger partial charge in [0.1, 0.15) is 22.3 Å². The van der Waals surface area contributed by atoms with Crippen molar-refractivity contribution in [2.24, 2.45) is 0 Å². The Balaban J connectivity index is 1.27. The first-order valence-electron chi connectivity index (χ1n) is 18.3. The van der Waals surface area contributed by atoms with Crippen LogP contribution in [0, 0.1) is 0 Å². The second kappa shape index (κ2) is 11.0. The fraction of sp³-hybridized carbons (Fsp3) is 0. The summed E-state index contributed by atoms with van der Waals surface area (Å²) in [4.78, 5) is 1.88. The van der Waals surface area contributed by atoms with Gasteiger partial charge < -0.3 is 13.7 Å². The van der Waals surface area contributed by atoms with Crippen LogP contribution < -0.4 is 4.90 Å². The zero-order chi connectivity index (χ0) is 35.8. The number of benzene rings is 8. The van der Waals surface area contributed by atoms with Crippen LogP contribution in [0.1, 0.15) is 5.48 Å². The molecule has 0 bridgehead atoms. The molecule has 0 unspecified atom stereocenters. The molecule has 0 N–H and O–H groups in total. The average Bonchev–Trinajstić information content (AvgIpc) is 3.78. The highest BCUT2D eigenvalue weighted by Gasteiger charge is 2.22. The molecule has 3 heteroatoms. The van der Waals surface area contributed by atoms with Gasteiger partial charge in [0.05, 0.1) is 22.2 Å². The lowest BCUT2D eigenvalue weighted by atomic mass is 9.99. The lowest BCUT2D eigenvalue weighted by molar-refractivity contribution is 0.669. The summed E-state index contributed by atoms with van der Waals surface area (Å²) in [6.45, 7) is 0. The summed E-state index contributed by atoms with van der Waals surface area (Å²) < 4.78 is 50.9. The lowest BCUT2D eigenvalue weighted by Gasteiger charge is -2.28. The van der Waals surface area contributed by atoms with Gasteiger partial charge in [0.15, 0.2) is 0 Å². The second-order valence-corrected chi connectivity index (χ2v) is 12.2. The van der Waals surface area contributed by atoms with Crippen LogP contribution in [0.25, 0.3) is 76.9 Å². The maximum Gasteiger partial charge on any atom is 0.143 e. The van der Waals surface area contributed by atoms with Crippen LogP contribution in [-0.4, -0.2) is 0 Å². The second-order valence-electron chi connectivity index (χ2n) is 12.2. The van der Waals surface area contributed by atoms with E-state index in [4.69, 9.17) is 8.83 Å². The molecule has 0 spiro atoms. The summed E-state index contributed by atoms with van der Waals surface area (Å²) in [6.07, 6.45) is 0. The van der Waals surface area contributed by atoms with Crippen molar-refractivity contribution in [3.8, 4) is 22.3 Å². The van der Waals surface area contributed by atoms with Crippen molar-refractivity contribution in [3.05, 3.63) is 176 Å². The van der Waals surface area contributed by atoms with Crippen molar-refractivity contribution >= 4 is 71.7 Å². The van der Waals surface area contributed by atoms with E-state index in [1.807, 2.05) is 132 Å². The molecule has 0 fully saturated rings. The van der Waals surface area contributed by atoms with Crippen LogP contribution in [0.2, 0.25) is 0 Å². The molecule has 0 saturated carbocycles. The number of anilines is 3. The number of furan rings is 2. The quantitative estimate of drug-likeness (QED) is 0.189. The molecule has 3 nitrogen and oxygen atoms in total. The molecule has 0 aliphatic rings. The van der Waals surface area contributed by atoms with Crippen LogP contribution in [0.4, 0.5) is 17.1 Å². The van der Waals surface area contributed by atoms with E-state index in [1.54, 1.807) is 6.07 Å². The van der Waals surface area contributed by atoms with Gasteiger partial charge in [0, 0.05) is 32.8 Å². The summed E-state index contributed by atoms with van der Waals surface area (Å²) in [6, 6.07) is 48.7. The lowest BCUT2D eigenvalue weighted by Crippen LogP contribution is -2.11. The summed E-state index contributed by atoms with van der Waals surface area (Å²) in [5, 5.41) is 5.53. The Hall–Kier alpha value is -6.58. The van der Waals surface area contributed by atoms with Crippen molar-refractivity contribution in [2.75, 3.05) is 4.90 Å². The minimum absolute atomic E-state index is 0.134. The number of hydrogen-bond donors (Lipinski definition) is 0. The third-order valence-corrected chi connectivity index (χ3v) is 9.34. The van der Waals surface area contributed by atoms with Crippen LogP contribution in [0.3, 0.4) is 0 Å². The third-order valence-electron chi connectivity index (χ3n) is 9.34. The number of rotatable bonds is 5. The summed E-state index contributed by atoms with van der Waals surface area (Å²) in [5.41, 5.74) is 7.02. The molecule has 230 valence electrons. The van der Waals surface area contributed by atoms with Crippen molar-refractivity contribution in [2.45, 2.75) is 0 Å². The molecule has 2 heterocycles. The molecule has 0 aliphatic heterocycles. The highest BCUT2D eigenvalue weighted by molar-refractivity contribution is 6.20. The molecule has 2 aromatic heterocycles. The standard InChI is InChI=1S/C46H29NO2/c1-2-11-31(12-3-1)35-14-6-8-17-40(35)47(41-18-10-20-44-45(41)38-27-23-32-13-4-5-15-36(32)46(38)49-44)34-25-21-30(22-26-34)33-24-28-43-39(29-33)37-16-7-9-19-42(37)48-43/h1-29H/i21D,22D,25D,26D. The van der Waals surface area contributed by atoms with Gasteiger partial charge in [-0.1, -0.05) is 121 Å². The van der Waals surface area contributed by atoms with E-state index in [1.165, 1.54) is 0 Å². The van der Waals surface area contributed by atoms with E-state index in [2.05, 4.69) is 18.2 Å². The summed E-state index contributed by atoms with van der Waals surface area (Å²) in [5.74, 6) is 0. The fourth-order valence-corrected chi connectivity index (χ4v) is 7.07. The number of nitrogens with zero attached hydrogens (tertiary/aromatic N) is 1. The zero-order valence-electron chi connectivity index (χ0n) is 30.2. The highest BCUT2D eigenvalue weighted by Crippen LogP contribution is 2.47. The van der Waals surface area contributed by atoms with Gasteiger partial charge in [-0.05, 0) is 76.6 Å². The van der Waals surface area contributed by atoms with E-state index < -0.39 is 0 Å². The largest absolute Gasteiger partial charge is 0.456 e. The first kappa shape index (κ1) is 23.7. The normalized spacial score (nSPS) is 12.8. The van der Waals surface area contributed by atoms with Crippen molar-refractivity contribution in [3.63, 3.8) is 0 Å². The van der Waals surface area contributed by atoms with Gasteiger partial charge in [0.2, 0.25) is 0 Å². The highest BCUT2D eigenvalue weighted by atomic mass is 16.3. The molecule has 0 atom stereocenters. The molecule has 10 aromatic rings. The Morgan fingerprint density at radius 2 is 1.14 bits per heavy atom. The maximum atomic E-state index is 9.66. The van der Waals surface area contributed by atoms with E-state index in [0.717, 1.165) is 54.6 Å². The number of para-hydroxylation sites is 2. The zero-order valence-corrected chi connectivity index (χ0v) is 26.2. The van der Waals surface area contributed by atoms with Crippen LogP contribution in [0.15, 0.2) is 185 Å². The number of fused-ring (bicyclic) bond motifs is 8. The van der Waals surface area contributed by atoms with E-state index in [9.17, 15) is 5.48 Å². The summed E-state index contributed by atoms with van der Waals surface area (Å²) >= 11 is 0. The van der Waals surface area contributed by atoms with Gasteiger partial charge in [-0.3, -0.25) is 0 Å². The molecular weight excluding hydrogens is 599 g/mol. The predicted molar refractivity (Wildman–Crippen MR) is 204 cm³/mol.